The predicted molar refractivity (Wildman–Crippen MR) is 81.4 cm³/mol. The van der Waals surface area contributed by atoms with Gasteiger partial charge < -0.3 is 14.6 Å². The van der Waals surface area contributed by atoms with Crippen LogP contribution in [0.1, 0.15) is 39.9 Å². The number of ether oxygens (including phenoxy) is 1. The second kappa shape index (κ2) is 6.30. The number of nitriles is 1. The molecule has 0 aromatic carbocycles. The Bertz CT molecular complexity index is 715. The number of nitrogens with one attached hydrogen (secondary N) is 1. The molecule has 3 heterocycles. The molecule has 0 saturated carbocycles. The summed E-state index contributed by atoms with van der Waals surface area (Å²) in [5, 5.41) is 13.8. The van der Waals surface area contributed by atoms with Crippen molar-refractivity contribution in [2.24, 2.45) is 7.05 Å². The van der Waals surface area contributed by atoms with Crippen LogP contribution < -0.4 is 5.32 Å². The summed E-state index contributed by atoms with van der Waals surface area (Å²) in [6.45, 7) is 0.594. The Morgan fingerprint density at radius 1 is 1.64 bits per heavy atom. The fraction of sp³-hybridized carbons (Fsp3) is 0.400. The van der Waals surface area contributed by atoms with E-state index in [-0.39, 0.29) is 18.1 Å². The Labute approximate surface area is 132 Å². The van der Waals surface area contributed by atoms with Gasteiger partial charge in [0.2, 0.25) is 0 Å². The molecule has 3 rings (SSSR count). The molecular weight excluding hydrogens is 300 g/mol. The number of carbonyl (C=O) groups is 1. The van der Waals surface area contributed by atoms with Crippen LogP contribution in [0.2, 0.25) is 0 Å². The second-order valence-electron chi connectivity index (χ2n) is 5.26. The van der Waals surface area contributed by atoms with Gasteiger partial charge in [0.15, 0.2) is 0 Å². The maximum Gasteiger partial charge on any atom is 0.262 e. The van der Waals surface area contributed by atoms with E-state index in [1.54, 1.807) is 24.0 Å². The van der Waals surface area contributed by atoms with Crippen LogP contribution in [0.3, 0.4) is 0 Å². The molecule has 0 spiro atoms. The third kappa shape index (κ3) is 2.89. The zero-order chi connectivity index (χ0) is 15.5. The molecule has 7 heteroatoms. The molecule has 1 aliphatic rings. The van der Waals surface area contributed by atoms with E-state index >= 15 is 0 Å². The zero-order valence-electron chi connectivity index (χ0n) is 12.2. The van der Waals surface area contributed by atoms with Gasteiger partial charge in [-0.25, -0.2) is 4.98 Å². The molecule has 1 aliphatic heterocycles. The topological polar surface area (TPSA) is 79.9 Å². The number of nitrogens with zero attached hydrogens (tertiary/aromatic N) is 3. The van der Waals surface area contributed by atoms with Crippen LogP contribution in [0, 0.1) is 11.3 Å². The van der Waals surface area contributed by atoms with E-state index in [0.29, 0.717) is 23.5 Å². The molecule has 114 valence electrons. The Morgan fingerprint density at radius 2 is 2.50 bits per heavy atom. The fourth-order valence-corrected chi connectivity index (χ4v) is 3.38. The number of imidazole rings is 1. The highest BCUT2D eigenvalue weighted by atomic mass is 32.1. The molecular formula is C15H16N4O2S. The molecule has 1 fully saturated rings. The first kappa shape index (κ1) is 14.8. The zero-order valence-corrected chi connectivity index (χ0v) is 13.0. The number of rotatable bonds is 3. The molecule has 1 amide bonds. The number of hydrogen-bond acceptors (Lipinski definition) is 5. The maximum absolute atomic E-state index is 12.3. The molecule has 0 aliphatic carbocycles. The van der Waals surface area contributed by atoms with Crippen molar-refractivity contribution in [2.75, 3.05) is 6.61 Å². The van der Waals surface area contributed by atoms with Crippen molar-refractivity contribution in [3.05, 3.63) is 40.1 Å². The van der Waals surface area contributed by atoms with Crippen molar-refractivity contribution in [3.8, 4) is 6.07 Å². The minimum atomic E-state index is -0.179. The second-order valence-corrected chi connectivity index (χ2v) is 6.17. The van der Waals surface area contributed by atoms with Crippen LogP contribution in [0.15, 0.2) is 24.0 Å². The third-order valence-corrected chi connectivity index (χ3v) is 4.71. The van der Waals surface area contributed by atoms with Crippen molar-refractivity contribution in [2.45, 2.75) is 25.0 Å². The summed E-state index contributed by atoms with van der Waals surface area (Å²) in [4.78, 5) is 16.9. The highest BCUT2D eigenvalue weighted by Crippen LogP contribution is 2.28. The minimum Gasteiger partial charge on any atom is -0.372 e. The summed E-state index contributed by atoms with van der Waals surface area (Å²) in [6, 6.07) is 3.75. The molecule has 2 atom stereocenters. The summed E-state index contributed by atoms with van der Waals surface area (Å²) in [5.41, 5.74) is 1.44. The van der Waals surface area contributed by atoms with Crippen molar-refractivity contribution in [1.29, 1.82) is 5.26 Å². The Kier molecular flexibility index (Phi) is 4.22. The molecule has 6 nitrogen and oxygen atoms in total. The van der Waals surface area contributed by atoms with Crippen molar-refractivity contribution >= 4 is 17.2 Å². The van der Waals surface area contributed by atoms with Gasteiger partial charge in [0.05, 0.1) is 23.8 Å². The van der Waals surface area contributed by atoms with Crippen molar-refractivity contribution in [3.63, 3.8) is 0 Å². The Balaban J connectivity index is 1.67. The number of aryl methyl sites for hydroxylation is 1. The van der Waals surface area contributed by atoms with Crippen LogP contribution in [0.5, 0.6) is 0 Å². The lowest BCUT2D eigenvalue weighted by Crippen LogP contribution is -2.40. The number of aromatic nitrogens is 2. The Morgan fingerprint density at radius 3 is 3.23 bits per heavy atom. The third-order valence-electron chi connectivity index (χ3n) is 3.79. The first-order chi connectivity index (χ1) is 10.7. The van der Waals surface area contributed by atoms with Crippen LogP contribution in [-0.4, -0.2) is 28.1 Å². The van der Waals surface area contributed by atoms with Gasteiger partial charge in [-0.05, 0) is 24.3 Å². The molecule has 1 N–H and O–H groups in total. The number of amides is 1. The largest absolute Gasteiger partial charge is 0.372 e. The van der Waals surface area contributed by atoms with Gasteiger partial charge in [-0.2, -0.15) is 5.26 Å². The first-order valence-electron chi connectivity index (χ1n) is 7.05. The van der Waals surface area contributed by atoms with Gasteiger partial charge in [0.25, 0.3) is 5.91 Å². The van der Waals surface area contributed by atoms with Gasteiger partial charge in [-0.15, -0.1) is 11.3 Å². The van der Waals surface area contributed by atoms with Crippen molar-refractivity contribution in [1.82, 2.24) is 14.9 Å². The van der Waals surface area contributed by atoms with Crippen molar-refractivity contribution < 1.29 is 9.53 Å². The fourth-order valence-electron chi connectivity index (χ4n) is 2.64. The van der Waals surface area contributed by atoms with Crippen LogP contribution in [-0.2, 0) is 11.8 Å². The number of carbonyl (C=O) groups excluding carboxylic acids is 1. The first-order valence-corrected chi connectivity index (χ1v) is 7.93. The summed E-state index contributed by atoms with van der Waals surface area (Å²) < 4.78 is 7.72. The smallest absolute Gasteiger partial charge is 0.262 e. The van der Waals surface area contributed by atoms with E-state index in [0.717, 1.165) is 12.1 Å². The lowest BCUT2D eigenvalue weighted by Gasteiger charge is -2.30. The number of hydrogen-bond donors (Lipinski definition) is 1. The lowest BCUT2D eigenvalue weighted by atomic mass is 10.0. The monoisotopic (exact) mass is 316 g/mol. The van der Waals surface area contributed by atoms with Crippen LogP contribution >= 0.6 is 11.3 Å². The summed E-state index contributed by atoms with van der Waals surface area (Å²) in [6.07, 6.45) is 4.95. The van der Waals surface area contributed by atoms with Gasteiger partial charge in [-0.1, -0.05) is 0 Å². The van der Waals surface area contributed by atoms with E-state index < -0.39 is 0 Å². The van der Waals surface area contributed by atoms with Gasteiger partial charge in [-0.3, -0.25) is 4.79 Å². The normalized spacial score (nSPS) is 21.3. The standard InChI is InChI=1S/C15H16N4O2S/c1-19-9-17-8-12(19)13-6-11(2-4-21-13)18-15(20)14-10(7-16)3-5-22-14/h3,5,8-9,11,13H,2,4,6H2,1H3,(H,18,20)/t11-,13-/m1/s1. The highest BCUT2D eigenvalue weighted by Gasteiger charge is 2.27. The van der Waals surface area contributed by atoms with Crippen LogP contribution in [0.25, 0.3) is 0 Å². The minimum absolute atomic E-state index is 0.0368. The van der Waals surface area contributed by atoms with E-state index in [4.69, 9.17) is 10.00 Å². The summed E-state index contributed by atoms with van der Waals surface area (Å²) in [7, 11) is 1.93. The Hall–Kier alpha value is -2.17. The van der Waals surface area contributed by atoms with E-state index in [9.17, 15) is 4.79 Å². The van der Waals surface area contributed by atoms with E-state index in [2.05, 4.69) is 10.3 Å². The average molecular weight is 316 g/mol. The highest BCUT2D eigenvalue weighted by molar-refractivity contribution is 7.12. The molecule has 0 unspecified atom stereocenters. The molecule has 2 aromatic heterocycles. The molecule has 2 aromatic rings. The maximum atomic E-state index is 12.3. The summed E-state index contributed by atoms with van der Waals surface area (Å²) in [5.74, 6) is -0.179. The number of thiophene rings is 1. The molecule has 22 heavy (non-hydrogen) atoms. The van der Waals surface area contributed by atoms with Gasteiger partial charge in [0, 0.05) is 19.7 Å². The van der Waals surface area contributed by atoms with E-state index in [1.165, 1.54) is 11.3 Å². The SMILES string of the molecule is Cn1cncc1[C@H]1C[C@H](NC(=O)c2sccc2C#N)CCO1. The summed E-state index contributed by atoms with van der Waals surface area (Å²) >= 11 is 1.29. The van der Waals surface area contributed by atoms with Gasteiger partial charge in [0.1, 0.15) is 17.1 Å². The molecule has 0 bridgehead atoms. The molecule has 0 radical (unpaired) electrons. The predicted octanol–water partition coefficient (Wildman–Crippen LogP) is 2.00. The lowest BCUT2D eigenvalue weighted by molar-refractivity contribution is -0.00298. The molecule has 1 saturated heterocycles. The van der Waals surface area contributed by atoms with Crippen LogP contribution in [0.4, 0.5) is 0 Å². The quantitative estimate of drug-likeness (QED) is 0.939. The average Bonchev–Trinajstić information content (AvgIpc) is 3.15. The van der Waals surface area contributed by atoms with E-state index in [1.807, 2.05) is 17.7 Å². The van der Waals surface area contributed by atoms with Gasteiger partial charge >= 0.3 is 0 Å².